The SMILES string of the molecule is NC(N)=NCCC[C@@H](C(=O)O)N(OCC(=O)OCc1ccccc1)S(=O)(=O)c1ccccc1. The summed E-state index contributed by atoms with van der Waals surface area (Å²) in [7, 11) is -4.42. The van der Waals surface area contributed by atoms with E-state index in [-0.39, 0.29) is 36.8 Å². The average molecular weight is 479 g/mol. The Labute approximate surface area is 191 Å². The maximum Gasteiger partial charge on any atom is 0.334 e. The van der Waals surface area contributed by atoms with Crippen LogP contribution in [0.15, 0.2) is 70.6 Å². The lowest BCUT2D eigenvalue weighted by molar-refractivity contribution is -0.178. The molecule has 0 radical (unpaired) electrons. The highest BCUT2D eigenvalue weighted by Gasteiger charge is 2.37. The molecule has 2 aromatic rings. The number of aliphatic carboxylic acids is 1. The molecule has 5 N–H and O–H groups in total. The van der Waals surface area contributed by atoms with E-state index in [1.807, 2.05) is 0 Å². The number of sulfonamides is 1. The second-order valence-electron chi connectivity index (χ2n) is 6.80. The van der Waals surface area contributed by atoms with E-state index in [1.165, 1.54) is 24.3 Å². The molecule has 0 aliphatic rings. The van der Waals surface area contributed by atoms with E-state index >= 15 is 0 Å². The number of nitrogens with zero attached hydrogens (tertiary/aromatic N) is 2. The van der Waals surface area contributed by atoms with Gasteiger partial charge >= 0.3 is 11.9 Å². The molecule has 2 aromatic carbocycles. The molecule has 0 spiro atoms. The first-order valence-corrected chi connectivity index (χ1v) is 11.4. The fraction of sp³-hybridized carbons (Fsp3) is 0.286. The Balaban J connectivity index is 2.17. The summed E-state index contributed by atoms with van der Waals surface area (Å²) in [5, 5.41) is 9.69. The van der Waals surface area contributed by atoms with Crippen molar-refractivity contribution in [2.45, 2.75) is 30.4 Å². The number of rotatable bonds is 13. The molecular weight excluding hydrogens is 452 g/mol. The van der Waals surface area contributed by atoms with Crippen molar-refractivity contribution in [2.75, 3.05) is 13.2 Å². The van der Waals surface area contributed by atoms with E-state index < -0.39 is 34.6 Å². The first-order chi connectivity index (χ1) is 15.7. The maximum atomic E-state index is 13.1. The van der Waals surface area contributed by atoms with Gasteiger partial charge in [-0.1, -0.05) is 53.0 Å². The van der Waals surface area contributed by atoms with Crippen LogP contribution in [0.4, 0.5) is 0 Å². The van der Waals surface area contributed by atoms with Gasteiger partial charge in [-0.2, -0.15) is 0 Å². The van der Waals surface area contributed by atoms with Crippen molar-refractivity contribution in [2.24, 2.45) is 16.5 Å². The highest BCUT2D eigenvalue weighted by atomic mass is 32.2. The molecule has 12 heteroatoms. The molecule has 0 aliphatic carbocycles. The van der Waals surface area contributed by atoms with E-state index in [1.54, 1.807) is 36.4 Å². The summed E-state index contributed by atoms with van der Waals surface area (Å²) in [6.07, 6.45) is -0.0191. The minimum absolute atomic E-state index is 0.0463. The van der Waals surface area contributed by atoms with Crippen LogP contribution in [-0.4, -0.2) is 55.1 Å². The summed E-state index contributed by atoms with van der Waals surface area (Å²) in [4.78, 5) is 32.8. The predicted molar refractivity (Wildman–Crippen MR) is 119 cm³/mol. The molecule has 178 valence electrons. The number of carbonyl (C=O) groups is 2. The monoisotopic (exact) mass is 478 g/mol. The second kappa shape index (κ2) is 12.5. The van der Waals surface area contributed by atoms with E-state index in [0.29, 0.717) is 4.47 Å². The van der Waals surface area contributed by atoms with Gasteiger partial charge in [0.15, 0.2) is 12.6 Å². The average Bonchev–Trinajstić information content (AvgIpc) is 2.80. The molecular formula is C21H26N4O7S. The van der Waals surface area contributed by atoms with Gasteiger partial charge < -0.3 is 21.3 Å². The zero-order chi connectivity index (χ0) is 24.3. The molecule has 0 amide bonds. The van der Waals surface area contributed by atoms with Gasteiger partial charge in [0, 0.05) is 6.54 Å². The molecule has 33 heavy (non-hydrogen) atoms. The van der Waals surface area contributed by atoms with Crippen molar-refractivity contribution >= 4 is 27.9 Å². The van der Waals surface area contributed by atoms with Gasteiger partial charge in [0.1, 0.15) is 12.6 Å². The van der Waals surface area contributed by atoms with Crippen molar-refractivity contribution in [3.05, 3.63) is 66.2 Å². The van der Waals surface area contributed by atoms with Crippen LogP contribution < -0.4 is 11.5 Å². The highest BCUT2D eigenvalue weighted by molar-refractivity contribution is 7.89. The number of hydroxylamine groups is 1. The Morgan fingerprint density at radius 2 is 1.64 bits per heavy atom. The van der Waals surface area contributed by atoms with Gasteiger partial charge in [-0.3, -0.25) is 14.6 Å². The standard InChI is InChI=1S/C21H26N4O7S/c22-21(23)24-13-7-12-18(20(27)28)25(33(29,30)17-10-5-2-6-11-17)32-15-19(26)31-14-16-8-3-1-4-9-16/h1-6,8-11,18H,7,12-15H2,(H,27,28)(H4,22,23,24)/t18-/m0/s1. The number of carbonyl (C=O) groups excluding carboxylic acids is 1. The summed E-state index contributed by atoms with van der Waals surface area (Å²) in [6.45, 7) is -0.767. The predicted octanol–water partition coefficient (Wildman–Crippen LogP) is 0.859. The maximum absolute atomic E-state index is 13.1. The minimum atomic E-state index is -4.42. The first kappa shape index (κ1) is 25.8. The number of hydrogen-bond acceptors (Lipinski definition) is 7. The number of hydrogen-bond donors (Lipinski definition) is 3. The lowest BCUT2D eigenvalue weighted by Gasteiger charge is -2.26. The van der Waals surface area contributed by atoms with Crippen molar-refractivity contribution in [1.82, 2.24) is 4.47 Å². The van der Waals surface area contributed by atoms with Gasteiger partial charge in [0.05, 0.1) is 4.90 Å². The van der Waals surface area contributed by atoms with E-state index in [0.717, 1.165) is 5.56 Å². The molecule has 0 saturated heterocycles. The largest absolute Gasteiger partial charge is 0.480 e. The Kier molecular flexibility index (Phi) is 9.79. The zero-order valence-corrected chi connectivity index (χ0v) is 18.6. The molecule has 1 atom stereocenters. The highest BCUT2D eigenvalue weighted by Crippen LogP contribution is 2.21. The summed E-state index contributed by atoms with van der Waals surface area (Å²) >= 11 is 0. The Bertz CT molecular complexity index is 1040. The molecule has 2 rings (SSSR count). The number of nitrogens with two attached hydrogens (primary N) is 2. The van der Waals surface area contributed by atoms with Gasteiger partial charge in [-0.15, -0.1) is 0 Å². The van der Waals surface area contributed by atoms with Crippen LogP contribution in [-0.2, 0) is 35.8 Å². The quantitative estimate of drug-likeness (QED) is 0.124. The molecule has 0 heterocycles. The van der Waals surface area contributed by atoms with Gasteiger partial charge in [-0.05, 0) is 30.5 Å². The third-order valence-electron chi connectivity index (χ3n) is 4.30. The summed E-state index contributed by atoms with van der Waals surface area (Å²) in [5.41, 5.74) is 11.2. The first-order valence-electron chi connectivity index (χ1n) is 9.92. The van der Waals surface area contributed by atoms with Crippen LogP contribution in [0.5, 0.6) is 0 Å². The van der Waals surface area contributed by atoms with Gasteiger partial charge in [0.25, 0.3) is 10.0 Å². The van der Waals surface area contributed by atoms with Crippen LogP contribution in [0.1, 0.15) is 18.4 Å². The fourth-order valence-corrected chi connectivity index (χ4v) is 4.16. The van der Waals surface area contributed by atoms with E-state index in [2.05, 4.69) is 4.99 Å². The van der Waals surface area contributed by atoms with Crippen LogP contribution in [0.3, 0.4) is 0 Å². The lowest BCUT2D eigenvalue weighted by Crippen LogP contribution is -2.46. The van der Waals surface area contributed by atoms with Crippen molar-refractivity contribution < 1.29 is 32.7 Å². The summed E-state index contributed by atoms with van der Waals surface area (Å²) < 4.78 is 31.7. The summed E-state index contributed by atoms with van der Waals surface area (Å²) in [5.74, 6) is -2.50. The van der Waals surface area contributed by atoms with Crippen molar-refractivity contribution in [1.29, 1.82) is 0 Å². The van der Waals surface area contributed by atoms with E-state index in [9.17, 15) is 23.1 Å². The topological polar surface area (TPSA) is 175 Å². The summed E-state index contributed by atoms with van der Waals surface area (Å²) in [6, 6.07) is 14.4. The van der Waals surface area contributed by atoms with Crippen LogP contribution in [0.2, 0.25) is 0 Å². The number of aliphatic imine (C=N–C) groups is 1. The molecule has 0 fully saturated rings. The number of carboxylic acids is 1. The van der Waals surface area contributed by atoms with Crippen molar-refractivity contribution in [3.63, 3.8) is 0 Å². The Morgan fingerprint density at radius 3 is 2.21 bits per heavy atom. The third kappa shape index (κ3) is 8.18. The number of esters is 1. The van der Waals surface area contributed by atoms with Gasteiger partial charge in [0.2, 0.25) is 0 Å². The minimum Gasteiger partial charge on any atom is -0.480 e. The van der Waals surface area contributed by atoms with E-state index in [4.69, 9.17) is 21.0 Å². The number of ether oxygens (including phenoxy) is 1. The Hall–Kier alpha value is -3.48. The molecule has 11 nitrogen and oxygen atoms in total. The molecule has 0 aliphatic heterocycles. The van der Waals surface area contributed by atoms with Crippen LogP contribution in [0.25, 0.3) is 0 Å². The van der Waals surface area contributed by atoms with Crippen molar-refractivity contribution in [3.8, 4) is 0 Å². The molecule has 0 bridgehead atoms. The smallest absolute Gasteiger partial charge is 0.334 e. The number of carboxylic acid groups (broad SMARTS) is 1. The molecule has 0 unspecified atom stereocenters. The number of benzene rings is 2. The fourth-order valence-electron chi connectivity index (χ4n) is 2.73. The third-order valence-corrected chi connectivity index (χ3v) is 6.00. The molecule has 0 aromatic heterocycles. The molecule has 0 saturated carbocycles. The van der Waals surface area contributed by atoms with Gasteiger partial charge in [-0.25, -0.2) is 13.2 Å². The Morgan fingerprint density at radius 1 is 1.03 bits per heavy atom. The number of guanidine groups is 1. The zero-order valence-electron chi connectivity index (χ0n) is 17.7. The van der Waals surface area contributed by atoms with Crippen LogP contribution in [0, 0.1) is 0 Å². The second-order valence-corrected chi connectivity index (χ2v) is 8.58. The normalized spacial score (nSPS) is 12.2. The van der Waals surface area contributed by atoms with Crippen LogP contribution >= 0.6 is 0 Å². The lowest BCUT2D eigenvalue weighted by atomic mass is 10.2.